The Bertz CT molecular complexity index is 1270. The van der Waals surface area contributed by atoms with Crippen molar-refractivity contribution in [1.82, 2.24) is 14.8 Å². The van der Waals surface area contributed by atoms with Crippen molar-refractivity contribution in [2.45, 2.75) is 64.8 Å². The van der Waals surface area contributed by atoms with Crippen molar-refractivity contribution in [2.24, 2.45) is 0 Å². The van der Waals surface area contributed by atoms with Crippen molar-refractivity contribution in [3.63, 3.8) is 0 Å². The zero-order valence-corrected chi connectivity index (χ0v) is 23.1. The third kappa shape index (κ3) is 5.71. The van der Waals surface area contributed by atoms with Gasteiger partial charge in [0.15, 0.2) is 17.1 Å². The fourth-order valence-electron chi connectivity index (χ4n) is 4.15. The summed E-state index contributed by atoms with van der Waals surface area (Å²) in [5.74, 6) is 0.773. The van der Waals surface area contributed by atoms with Gasteiger partial charge in [-0.2, -0.15) is 0 Å². The van der Waals surface area contributed by atoms with E-state index in [0.29, 0.717) is 45.5 Å². The van der Waals surface area contributed by atoms with Gasteiger partial charge in [-0.25, -0.2) is 4.79 Å². The maximum absolute atomic E-state index is 12.8. The normalized spacial score (nSPS) is 13.4. The number of anilines is 1. The van der Waals surface area contributed by atoms with Crippen molar-refractivity contribution in [1.29, 1.82) is 0 Å². The maximum Gasteiger partial charge on any atom is 0.341 e. The second-order valence-electron chi connectivity index (χ2n) is 8.40. The number of aromatic nitrogens is 3. The van der Waals surface area contributed by atoms with E-state index in [0.717, 1.165) is 35.3 Å². The fraction of sp³-hybridized carbons (Fsp3) is 0.440. The summed E-state index contributed by atoms with van der Waals surface area (Å²) in [7, 11) is 0. The van der Waals surface area contributed by atoms with Gasteiger partial charge in [0.05, 0.1) is 22.9 Å². The number of carbonyl (C=O) groups excluding carboxylic acids is 2. The summed E-state index contributed by atoms with van der Waals surface area (Å²) < 4.78 is 13.2. The van der Waals surface area contributed by atoms with Crippen molar-refractivity contribution < 1.29 is 19.1 Å². The molecular weight excluding hydrogens is 520 g/mol. The predicted octanol–water partition coefficient (Wildman–Crippen LogP) is 5.86. The number of thioether (sulfide) groups is 1. The van der Waals surface area contributed by atoms with Gasteiger partial charge in [-0.05, 0) is 70.2 Å². The first-order valence-corrected chi connectivity index (χ1v) is 14.1. The molecule has 1 aliphatic carbocycles. The van der Waals surface area contributed by atoms with Crippen LogP contribution >= 0.6 is 34.7 Å². The molecule has 2 heterocycles. The van der Waals surface area contributed by atoms with Crippen LogP contribution in [0.5, 0.6) is 5.75 Å². The van der Waals surface area contributed by atoms with Crippen molar-refractivity contribution in [3.8, 4) is 5.75 Å². The molecule has 0 radical (unpaired) electrons. The second-order valence-corrected chi connectivity index (χ2v) is 10.9. The van der Waals surface area contributed by atoms with E-state index >= 15 is 0 Å². The number of thiophene rings is 1. The molecule has 0 saturated heterocycles. The molecule has 1 amide bonds. The number of benzene rings is 1. The molecule has 192 valence electrons. The van der Waals surface area contributed by atoms with E-state index in [4.69, 9.17) is 21.1 Å². The molecule has 1 N–H and O–H groups in total. The Labute approximate surface area is 223 Å². The number of hydrogen-bond acceptors (Lipinski definition) is 8. The molecule has 0 saturated carbocycles. The summed E-state index contributed by atoms with van der Waals surface area (Å²) in [6, 6.07) is 5.61. The average molecular weight is 549 g/mol. The smallest absolute Gasteiger partial charge is 0.341 e. The number of esters is 1. The van der Waals surface area contributed by atoms with Crippen LogP contribution in [-0.4, -0.2) is 39.0 Å². The van der Waals surface area contributed by atoms with Crippen LogP contribution in [0.2, 0.25) is 5.02 Å². The van der Waals surface area contributed by atoms with Crippen LogP contribution in [-0.2, 0) is 28.9 Å². The zero-order chi connectivity index (χ0) is 25.8. The van der Waals surface area contributed by atoms with Gasteiger partial charge in [0, 0.05) is 11.4 Å². The topological polar surface area (TPSA) is 95.3 Å². The number of nitrogens with zero attached hydrogens (tertiary/aromatic N) is 3. The molecule has 0 bridgehead atoms. The molecular formula is C25H29ClN4O4S2. The van der Waals surface area contributed by atoms with Gasteiger partial charge in [-0.1, -0.05) is 29.4 Å². The van der Waals surface area contributed by atoms with Crippen LogP contribution in [0, 0.1) is 6.92 Å². The lowest BCUT2D eigenvalue weighted by molar-refractivity contribution is -0.113. The lowest BCUT2D eigenvalue weighted by atomic mass is 10.1. The lowest BCUT2D eigenvalue weighted by Crippen LogP contribution is -2.17. The lowest BCUT2D eigenvalue weighted by Gasteiger charge is -2.16. The van der Waals surface area contributed by atoms with Gasteiger partial charge in [0.1, 0.15) is 10.8 Å². The Morgan fingerprint density at radius 1 is 1.28 bits per heavy atom. The summed E-state index contributed by atoms with van der Waals surface area (Å²) in [6.45, 7) is 8.54. The molecule has 1 unspecified atom stereocenters. The molecule has 0 aliphatic heterocycles. The van der Waals surface area contributed by atoms with Gasteiger partial charge in [0.2, 0.25) is 5.91 Å². The van der Waals surface area contributed by atoms with Crippen molar-refractivity contribution >= 4 is 51.6 Å². The van der Waals surface area contributed by atoms with Gasteiger partial charge >= 0.3 is 5.97 Å². The van der Waals surface area contributed by atoms with E-state index in [2.05, 4.69) is 15.5 Å². The van der Waals surface area contributed by atoms with Crippen LogP contribution in [0.4, 0.5) is 5.00 Å². The molecule has 36 heavy (non-hydrogen) atoms. The van der Waals surface area contributed by atoms with E-state index in [-0.39, 0.29) is 23.7 Å². The maximum atomic E-state index is 12.8. The van der Waals surface area contributed by atoms with Crippen LogP contribution in [0.25, 0.3) is 0 Å². The Hall–Kier alpha value is -2.56. The highest BCUT2D eigenvalue weighted by Gasteiger charge is 2.28. The minimum atomic E-state index is -0.388. The number of ether oxygens (including phenoxy) is 2. The number of amides is 1. The first-order chi connectivity index (χ1) is 17.3. The summed E-state index contributed by atoms with van der Waals surface area (Å²) >= 11 is 9.04. The first-order valence-electron chi connectivity index (χ1n) is 11.9. The Kier molecular flexibility index (Phi) is 8.58. The summed E-state index contributed by atoms with van der Waals surface area (Å²) in [6.07, 6.45) is 2.39. The van der Waals surface area contributed by atoms with Crippen LogP contribution in [0.1, 0.15) is 65.5 Å². The Balaban J connectivity index is 1.43. The number of carbonyl (C=O) groups is 2. The summed E-state index contributed by atoms with van der Waals surface area (Å²) in [4.78, 5) is 26.5. The van der Waals surface area contributed by atoms with E-state index in [1.54, 1.807) is 13.0 Å². The first kappa shape index (κ1) is 26.5. The van der Waals surface area contributed by atoms with Crippen molar-refractivity contribution in [3.05, 3.63) is 50.6 Å². The fourth-order valence-corrected chi connectivity index (χ4v) is 6.42. The van der Waals surface area contributed by atoms with E-state index in [1.165, 1.54) is 23.1 Å². The van der Waals surface area contributed by atoms with Crippen LogP contribution < -0.4 is 10.1 Å². The van der Waals surface area contributed by atoms with Gasteiger partial charge in [-0.15, -0.1) is 21.5 Å². The number of fused-ring (bicyclic) bond motifs is 1. The number of halogens is 1. The standard InChI is InChI=1S/C25H29ClN4O4S2/c1-5-30-22(15(4)34-18-12-14(3)10-11-17(18)26)28-29-25(30)35-13-20(31)27-23-21(24(32)33-6-2)16-8-7-9-19(16)36-23/h10-12,15H,5-9,13H2,1-4H3,(H,27,31). The number of nitrogens with one attached hydrogen (secondary N) is 1. The quantitative estimate of drug-likeness (QED) is 0.250. The number of hydrogen-bond donors (Lipinski definition) is 1. The Morgan fingerprint density at radius 2 is 2.08 bits per heavy atom. The minimum Gasteiger partial charge on any atom is -0.481 e. The average Bonchev–Trinajstić information content (AvgIpc) is 3.54. The predicted molar refractivity (Wildman–Crippen MR) is 143 cm³/mol. The summed E-state index contributed by atoms with van der Waals surface area (Å²) in [5, 5.41) is 13.3. The third-order valence-corrected chi connectivity index (χ3v) is 8.29. The number of rotatable bonds is 10. The molecule has 4 rings (SSSR count). The molecule has 3 aromatic rings. The highest BCUT2D eigenvalue weighted by molar-refractivity contribution is 7.99. The van der Waals surface area contributed by atoms with Crippen molar-refractivity contribution in [2.75, 3.05) is 17.7 Å². The largest absolute Gasteiger partial charge is 0.481 e. The van der Waals surface area contributed by atoms with E-state index in [9.17, 15) is 9.59 Å². The highest BCUT2D eigenvalue weighted by Crippen LogP contribution is 2.39. The molecule has 8 nitrogen and oxygen atoms in total. The van der Waals surface area contributed by atoms with Gasteiger partial charge in [-0.3, -0.25) is 4.79 Å². The monoisotopic (exact) mass is 548 g/mol. The molecule has 2 aromatic heterocycles. The van der Waals surface area contributed by atoms with E-state index in [1.807, 2.05) is 37.5 Å². The molecule has 0 fully saturated rings. The molecule has 1 aliphatic rings. The van der Waals surface area contributed by atoms with Crippen LogP contribution in [0.15, 0.2) is 23.4 Å². The van der Waals surface area contributed by atoms with Crippen LogP contribution in [0.3, 0.4) is 0 Å². The number of aryl methyl sites for hydroxylation is 2. The highest BCUT2D eigenvalue weighted by atomic mass is 35.5. The minimum absolute atomic E-state index is 0.127. The molecule has 0 spiro atoms. The zero-order valence-electron chi connectivity index (χ0n) is 20.7. The molecule has 11 heteroatoms. The SMILES string of the molecule is CCOC(=O)c1c(NC(=O)CSc2nnc(C(C)Oc3cc(C)ccc3Cl)n2CC)sc2c1CCC2. The summed E-state index contributed by atoms with van der Waals surface area (Å²) in [5.41, 5.74) is 2.56. The molecule has 1 atom stereocenters. The van der Waals surface area contributed by atoms with Gasteiger partial charge in [0.25, 0.3) is 0 Å². The third-order valence-electron chi connectivity index (χ3n) is 5.80. The Morgan fingerprint density at radius 3 is 2.83 bits per heavy atom. The second kappa shape index (κ2) is 11.7. The molecule has 1 aromatic carbocycles. The van der Waals surface area contributed by atoms with Gasteiger partial charge < -0.3 is 19.4 Å². The van der Waals surface area contributed by atoms with E-state index < -0.39 is 0 Å².